The fraction of sp³-hybridized carbons (Fsp3) is 0.433. The van der Waals surface area contributed by atoms with Gasteiger partial charge in [-0.3, -0.25) is 24.6 Å². The van der Waals surface area contributed by atoms with Gasteiger partial charge in [-0.1, -0.05) is 60.7 Å². The predicted octanol–water partition coefficient (Wildman–Crippen LogP) is 0.947. The van der Waals surface area contributed by atoms with Gasteiger partial charge < -0.3 is 25.6 Å². The van der Waals surface area contributed by atoms with Crippen LogP contribution in [0.25, 0.3) is 0 Å². The molecular formula is C30H40N6O6. The van der Waals surface area contributed by atoms with E-state index in [-0.39, 0.29) is 19.4 Å². The minimum absolute atomic E-state index is 0.181. The zero-order chi connectivity index (χ0) is 30.7. The summed E-state index contributed by atoms with van der Waals surface area (Å²) in [5, 5.41) is 7.90. The molecule has 0 saturated carbocycles. The smallest absolute Gasteiger partial charge is 0.408 e. The maximum absolute atomic E-state index is 13.2. The van der Waals surface area contributed by atoms with Crippen LogP contribution in [0.1, 0.15) is 44.7 Å². The number of carbonyl (C=O) groups is 5. The van der Waals surface area contributed by atoms with Crippen LogP contribution in [0.4, 0.5) is 4.79 Å². The van der Waals surface area contributed by atoms with Crippen LogP contribution in [-0.2, 0) is 36.8 Å². The number of benzene rings is 2. The lowest BCUT2D eigenvalue weighted by Gasteiger charge is -2.27. The number of nitrogens with zero attached hydrogens (tertiary/aromatic N) is 1. The van der Waals surface area contributed by atoms with Crippen molar-refractivity contribution in [3.8, 4) is 0 Å². The average molecular weight is 581 g/mol. The molecule has 2 aromatic carbocycles. The maximum Gasteiger partial charge on any atom is 0.408 e. The molecule has 0 aromatic heterocycles. The molecule has 3 rings (SSSR count). The summed E-state index contributed by atoms with van der Waals surface area (Å²) in [4.78, 5) is 65.7. The van der Waals surface area contributed by atoms with Crippen LogP contribution >= 0.6 is 0 Å². The van der Waals surface area contributed by atoms with Crippen LogP contribution in [0.3, 0.4) is 0 Å². The number of hydrazine groups is 1. The second kappa shape index (κ2) is 15.0. The number of hydrogen-bond donors (Lipinski definition) is 5. The second-order valence-corrected chi connectivity index (χ2v) is 11.1. The van der Waals surface area contributed by atoms with Crippen molar-refractivity contribution < 1.29 is 28.7 Å². The molecule has 0 spiro atoms. The highest BCUT2D eigenvalue weighted by molar-refractivity contribution is 5.94. The molecular weight excluding hydrogens is 540 g/mol. The van der Waals surface area contributed by atoms with Gasteiger partial charge in [0.05, 0.1) is 6.54 Å². The molecule has 0 aliphatic carbocycles. The van der Waals surface area contributed by atoms with Crippen LogP contribution in [0.15, 0.2) is 60.7 Å². The number of alkyl carbamates (subject to hydrolysis) is 1. The van der Waals surface area contributed by atoms with Gasteiger partial charge in [-0.25, -0.2) is 10.6 Å². The molecule has 1 saturated heterocycles. The van der Waals surface area contributed by atoms with Gasteiger partial charge in [-0.15, -0.1) is 0 Å². The van der Waals surface area contributed by atoms with Gasteiger partial charge >= 0.3 is 6.09 Å². The second-order valence-electron chi connectivity index (χ2n) is 11.1. The first kappa shape index (κ1) is 32.1. The molecule has 12 heteroatoms. The van der Waals surface area contributed by atoms with Crippen LogP contribution < -0.4 is 27.2 Å². The molecule has 3 atom stereocenters. The van der Waals surface area contributed by atoms with Crippen molar-refractivity contribution in [1.82, 2.24) is 26.3 Å². The third-order valence-corrected chi connectivity index (χ3v) is 6.64. The van der Waals surface area contributed by atoms with Gasteiger partial charge in [0.15, 0.2) is 0 Å². The standard InChI is InChI=1S/C30H40N6O6/c1-30(2,3)42-29(41)34-22(17-20-11-6-4-7-12-20)26(38)32-19-25(37)36-16-10-15-24(36)28(40)33-23(27(39)35-31)18-21-13-8-5-9-14-21/h4-9,11-14,22-24H,10,15-19,31H2,1-3H3,(H,32,38)(H,33,40)(H,34,41)(H,35,39)/t22-,23-,24-/m0/s1. The van der Waals surface area contributed by atoms with E-state index >= 15 is 0 Å². The first-order valence-corrected chi connectivity index (χ1v) is 13.9. The van der Waals surface area contributed by atoms with Gasteiger partial charge in [0.25, 0.3) is 5.91 Å². The topological polar surface area (TPSA) is 172 Å². The van der Waals surface area contributed by atoms with E-state index in [2.05, 4.69) is 21.4 Å². The predicted molar refractivity (Wildman–Crippen MR) is 155 cm³/mol. The number of likely N-dealkylation sites (tertiary alicyclic amines) is 1. The SMILES string of the molecule is CC(C)(C)OC(=O)N[C@@H](Cc1ccccc1)C(=O)NCC(=O)N1CCC[C@H]1C(=O)N[C@@H](Cc1ccccc1)C(=O)NN. The number of hydrogen-bond acceptors (Lipinski definition) is 7. The fourth-order valence-electron chi connectivity index (χ4n) is 4.66. The van der Waals surface area contributed by atoms with E-state index in [0.29, 0.717) is 19.4 Å². The Bertz CT molecular complexity index is 1230. The zero-order valence-corrected chi connectivity index (χ0v) is 24.2. The number of ether oxygens (including phenoxy) is 1. The molecule has 1 heterocycles. The summed E-state index contributed by atoms with van der Waals surface area (Å²) in [5.74, 6) is 3.28. The Morgan fingerprint density at radius 2 is 1.43 bits per heavy atom. The fourth-order valence-corrected chi connectivity index (χ4v) is 4.66. The van der Waals surface area contributed by atoms with E-state index in [1.165, 1.54) is 4.90 Å². The molecule has 226 valence electrons. The summed E-state index contributed by atoms with van der Waals surface area (Å²) in [5.41, 5.74) is 2.96. The van der Waals surface area contributed by atoms with Gasteiger partial charge in [0.2, 0.25) is 17.7 Å². The van der Waals surface area contributed by atoms with E-state index in [0.717, 1.165) is 11.1 Å². The quantitative estimate of drug-likeness (QED) is 0.150. The molecule has 1 fully saturated rings. The first-order valence-electron chi connectivity index (χ1n) is 13.9. The van der Waals surface area contributed by atoms with Gasteiger partial charge in [0.1, 0.15) is 23.7 Å². The number of nitrogens with two attached hydrogens (primary N) is 1. The Morgan fingerprint density at radius 1 is 0.881 bits per heavy atom. The monoisotopic (exact) mass is 580 g/mol. The summed E-state index contributed by atoms with van der Waals surface area (Å²) in [6, 6.07) is 15.6. The first-order chi connectivity index (χ1) is 20.0. The highest BCUT2D eigenvalue weighted by Gasteiger charge is 2.36. The molecule has 0 unspecified atom stereocenters. The van der Waals surface area contributed by atoms with Crippen LogP contribution in [-0.4, -0.2) is 71.4 Å². The van der Waals surface area contributed by atoms with Gasteiger partial charge in [0, 0.05) is 19.4 Å². The third-order valence-electron chi connectivity index (χ3n) is 6.64. The van der Waals surface area contributed by atoms with Crippen molar-refractivity contribution in [2.75, 3.05) is 13.1 Å². The van der Waals surface area contributed by atoms with Crippen molar-refractivity contribution >= 4 is 29.7 Å². The number of nitrogens with one attached hydrogen (secondary N) is 4. The van der Waals surface area contributed by atoms with E-state index in [9.17, 15) is 24.0 Å². The Balaban J connectivity index is 1.62. The maximum atomic E-state index is 13.2. The lowest BCUT2D eigenvalue weighted by molar-refractivity contribution is -0.139. The normalized spacial score (nSPS) is 16.1. The minimum Gasteiger partial charge on any atom is -0.444 e. The highest BCUT2D eigenvalue weighted by atomic mass is 16.6. The largest absolute Gasteiger partial charge is 0.444 e. The molecule has 0 bridgehead atoms. The van der Waals surface area contributed by atoms with Crippen LogP contribution in [0.2, 0.25) is 0 Å². The summed E-state index contributed by atoms with van der Waals surface area (Å²) in [7, 11) is 0. The molecule has 12 nitrogen and oxygen atoms in total. The summed E-state index contributed by atoms with van der Waals surface area (Å²) >= 11 is 0. The lowest BCUT2D eigenvalue weighted by atomic mass is 10.0. The minimum atomic E-state index is -0.999. The molecule has 2 aromatic rings. The number of carbonyl (C=O) groups excluding carboxylic acids is 5. The number of amides is 5. The van der Waals surface area contributed by atoms with Crippen molar-refractivity contribution in [3.63, 3.8) is 0 Å². The Morgan fingerprint density at radius 3 is 1.95 bits per heavy atom. The average Bonchev–Trinajstić information content (AvgIpc) is 3.45. The molecule has 6 N–H and O–H groups in total. The van der Waals surface area contributed by atoms with Crippen molar-refractivity contribution in [2.45, 2.75) is 70.2 Å². The number of rotatable bonds is 11. The van der Waals surface area contributed by atoms with Crippen LogP contribution in [0.5, 0.6) is 0 Å². The summed E-state index contributed by atoms with van der Waals surface area (Å²) in [6.07, 6.45) is 0.638. The summed E-state index contributed by atoms with van der Waals surface area (Å²) in [6.45, 7) is 5.09. The van der Waals surface area contributed by atoms with Crippen molar-refractivity contribution in [2.24, 2.45) is 5.84 Å². The Labute approximate surface area is 245 Å². The Kier molecular flexibility index (Phi) is 11.4. The zero-order valence-electron chi connectivity index (χ0n) is 24.2. The van der Waals surface area contributed by atoms with Crippen molar-refractivity contribution in [3.05, 3.63) is 71.8 Å². The Hall–Kier alpha value is -4.45. The van der Waals surface area contributed by atoms with E-state index < -0.39 is 53.4 Å². The van der Waals surface area contributed by atoms with Gasteiger partial charge in [-0.05, 0) is 44.7 Å². The molecule has 1 aliphatic rings. The molecule has 42 heavy (non-hydrogen) atoms. The molecule has 5 amide bonds. The lowest BCUT2D eigenvalue weighted by Crippen LogP contribution is -2.56. The third kappa shape index (κ3) is 9.88. The summed E-state index contributed by atoms with van der Waals surface area (Å²) < 4.78 is 5.31. The van der Waals surface area contributed by atoms with E-state index in [1.807, 2.05) is 60.7 Å². The van der Waals surface area contributed by atoms with E-state index in [4.69, 9.17) is 10.6 Å². The molecule has 0 radical (unpaired) electrons. The van der Waals surface area contributed by atoms with Gasteiger partial charge in [-0.2, -0.15) is 0 Å². The van der Waals surface area contributed by atoms with Crippen LogP contribution in [0, 0.1) is 0 Å². The molecule has 1 aliphatic heterocycles. The highest BCUT2D eigenvalue weighted by Crippen LogP contribution is 2.18. The van der Waals surface area contributed by atoms with E-state index in [1.54, 1.807) is 20.8 Å². The van der Waals surface area contributed by atoms with Crippen molar-refractivity contribution in [1.29, 1.82) is 0 Å².